The first-order valence-corrected chi connectivity index (χ1v) is 5.44. The van der Waals surface area contributed by atoms with Crippen LogP contribution in [0.2, 0.25) is 0 Å². The third kappa shape index (κ3) is 117. The molecule has 20 heavy (non-hydrogen) atoms. The fraction of sp³-hybridized carbons (Fsp3) is 0.727. The molecular weight excluding hydrogens is 283 g/mol. The number of hydrogen-bond acceptors (Lipinski definition) is 7. The van der Waals surface area contributed by atoms with Crippen LogP contribution in [0.15, 0.2) is 0 Å². The summed E-state index contributed by atoms with van der Waals surface area (Å²) in [5.74, 6) is -1.06. The first-order valence-electron chi connectivity index (χ1n) is 5.44. The summed E-state index contributed by atoms with van der Waals surface area (Å²) in [5.41, 5.74) is 0. The molecule has 0 aromatic rings. The van der Waals surface area contributed by atoms with E-state index in [9.17, 15) is 9.90 Å². The van der Waals surface area contributed by atoms with Crippen LogP contribution in [-0.4, -0.2) is 50.1 Å². The molecule has 118 valence electrons. The molecule has 0 unspecified atom stereocenters. The molecule has 0 fully saturated rings. The van der Waals surface area contributed by atoms with Crippen LogP contribution in [0.3, 0.4) is 0 Å². The summed E-state index contributed by atoms with van der Waals surface area (Å²) in [7, 11) is 0. The Bertz CT molecular complexity index is 215. The van der Waals surface area contributed by atoms with E-state index in [1.165, 1.54) is 0 Å². The second-order valence-corrected chi connectivity index (χ2v) is 2.29. The van der Waals surface area contributed by atoms with Crippen LogP contribution < -0.4 is 34.7 Å². The van der Waals surface area contributed by atoms with Gasteiger partial charge in [-0.3, -0.25) is 4.79 Å². The van der Waals surface area contributed by atoms with Gasteiger partial charge in [0, 0.05) is 35.1 Å². The van der Waals surface area contributed by atoms with E-state index in [-0.39, 0.29) is 59.5 Å². The predicted octanol–water partition coefficient (Wildman–Crippen LogP) is -3.07. The zero-order chi connectivity index (χ0) is 15.9. The van der Waals surface area contributed by atoms with Gasteiger partial charge in [-0.05, 0) is 20.8 Å². The molecule has 1 N–H and O–H groups in total. The quantitative estimate of drug-likeness (QED) is 0.311. The Morgan fingerprint density at radius 2 is 1.55 bits per heavy atom. The average Bonchev–Trinajstić information content (AvgIpc) is 2.33. The topological polar surface area (TPSA) is 130 Å². The minimum Gasteiger partial charge on any atom is -0.550 e. The van der Waals surface area contributed by atoms with Gasteiger partial charge in [0.15, 0.2) is 0 Å². The van der Waals surface area contributed by atoms with Gasteiger partial charge >= 0.3 is 37.1 Å². The van der Waals surface area contributed by atoms with Crippen molar-refractivity contribution in [2.45, 2.75) is 27.2 Å². The van der Waals surface area contributed by atoms with Crippen molar-refractivity contribution in [3.8, 4) is 0 Å². The van der Waals surface area contributed by atoms with E-state index < -0.39 is 5.97 Å². The second kappa shape index (κ2) is 42.9. The predicted molar refractivity (Wildman–Crippen MR) is 67.3 cm³/mol. The molecule has 0 aliphatic heterocycles. The zero-order valence-corrected chi connectivity index (χ0v) is 14.4. The van der Waals surface area contributed by atoms with Crippen LogP contribution in [0.4, 0.5) is 0 Å². The van der Waals surface area contributed by atoms with E-state index in [1.54, 1.807) is 0 Å². The van der Waals surface area contributed by atoms with Gasteiger partial charge in [-0.1, -0.05) is 0 Å². The Morgan fingerprint density at radius 3 is 1.70 bits per heavy atom. The van der Waals surface area contributed by atoms with E-state index in [0.717, 1.165) is 13.2 Å². The van der Waals surface area contributed by atoms with Gasteiger partial charge in [0.05, 0.1) is 6.61 Å². The molecule has 0 aromatic carbocycles. The molecule has 9 heteroatoms. The Labute approximate surface area is 145 Å². The molecule has 0 radical (unpaired) electrons. The molecule has 0 saturated carbocycles. The van der Waals surface area contributed by atoms with Crippen LogP contribution in [0.5, 0.6) is 0 Å². The third-order valence-electron chi connectivity index (χ3n) is 1.06. The van der Waals surface area contributed by atoms with Crippen molar-refractivity contribution >= 4 is 18.6 Å². The van der Waals surface area contributed by atoms with Gasteiger partial charge in [0.25, 0.3) is 6.47 Å². The summed E-state index contributed by atoms with van der Waals surface area (Å²) in [6.45, 7) is 8.06. The molecule has 0 bridgehead atoms. The van der Waals surface area contributed by atoms with Crippen LogP contribution in [-0.2, 0) is 28.7 Å². The summed E-state index contributed by atoms with van der Waals surface area (Å²) >= 11 is 0. The fourth-order valence-electron chi connectivity index (χ4n) is 0.504. The zero-order valence-electron chi connectivity index (χ0n) is 13.4. The summed E-state index contributed by atoms with van der Waals surface area (Å²) in [6.07, 6.45) is 0.244. The van der Waals surface area contributed by atoms with Crippen molar-refractivity contribution in [2.75, 3.05) is 26.4 Å². The molecule has 0 rings (SSSR count). The molecule has 0 atom stereocenters. The fourth-order valence-corrected chi connectivity index (χ4v) is 0.504. The van der Waals surface area contributed by atoms with Crippen LogP contribution in [0.1, 0.15) is 31.5 Å². The maximum atomic E-state index is 9.68. The number of hydrogen-bond donors (Lipinski definition) is 1. The summed E-state index contributed by atoms with van der Waals surface area (Å²) in [5, 5.41) is 16.6. The normalized spacial score (nSPS) is 6.75. The van der Waals surface area contributed by atoms with Gasteiger partial charge in [0.1, 0.15) is 0 Å². The van der Waals surface area contributed by atoms with E-state index in [0.29, 0.717) is 6.61 Å². The first-order chi connectivity index (χ1) is 9.01. The van der Waals surface area contributed by atoms with Crippen LogP contribution in [0.25, 0.3) is 0 Å². The number of carboxylic acids is 1. The minimum absolute atomic E-state index is 0. The molecule has 0 spiro atoms. The number of rotatable bonds is 6. The number of ether oxygens (including phenoxy) is 2. The molecule has 0 aliphatic carbocycles. The number of carbonyl (C=O) groups is 2. The summed E-state index contributed by atoms with van der Waals surface area (Å²) < 4.78 is 9.56. The van der Waals surface area contributed by atoms with Gasteiger partial charge in [-0.2, -0.15) is 9.59 Å². The minimum atomic E-state index is -1.06. The van der Waals surface area contributed by atoms with E-state index in [2.05, 4.69) is 0 Å². The van der Waals surface area contributed by atoms with Crippen molar-refractivity contribution in [3.63, 3.8) is 0 Å². The Hall–Kier alpha value is -0.760. The smallest absolute Gasteiger partial charge is 0.550 e. The van der Waals surface area contributed by atoms with Crippen molar-refractivity contribution in [2.24, 2.45) is 0 Å². The average molecular weight is 309 g/mol. The Kier molecular flexibility index (Phi) is 67.7. The van der Waals surface area contributed by atoms with Crippen molar-refractivity contribution in [3.05, 3.63) is 0 Å². The van der Waals surface area contributed by atoms with E-state index in [1.807, 2.05) is 20.8 Å². The number of aliphatic carboxylic acids is 1. The molecule has 0 amide bonds. The Balaban J connectivity index is -0.0000000222. The number of carbonyl (C=O) groups excluding carboxylic acids is 3. The van der Waals surface area contributed by atoms with Crippen LogP contribution in [0, 0.1) is 0 Å². The SMILES string of the molecule is CCOCC.CCOCCC(=O)[O-].O=C=O.O=CO.[H+].[HH].[HH].[Na+]. The number of carboxylic acid groups (broad SMARTS) is 2. The molecule has 0 heterocycles. The maximum absolute atomic E-state index is 9.68. The van der Waals surface area contributed by atoms with E-state index >= 15 is 0 Å². The van der Waals surface area contributed by atoms with Gasteiger partial charge < -0.3 is 24.5 Å². The largest absolute Gasteiger partial charge is 1.00 e. The Morgan fingerprint density at radius 1 is 1.25 bits per heavy atom. The molecular formula is C11H26NaO8+. The summed E-state index contributed by atoms with van der Waals surface area (Å²) in [4.78, 5) is 34.3. The van der Waals surface area contributed by atoms with E-state index in [4.69, 9.17) is 29.0 Å². The molecule has 0 aromatic heterocycles. The van der Waals surface area contributed by atoms with Crippen molar-refractivity contribution in [1.82, 2.24) is 0 Å². The third-order valence-corrected chi connectivity index (χ3v) is 1.06. The van der Waals surface area contributed by atoms with Crippen molar-refractivity contribution < 1.29 is 72.7 Å². The first kappa shape index (κ1) is 31.6. The van der Waals surface area contributed by atoms with Gasteiger partial charge in [-0.15, -0.1) is 0 Å². The molecule has 0 saturated heterocycles. The summed E-state index contributed by atoms with van der Waals surface area (Å²) in [6, 6.07) is 0. The monoisotopic (exact) mass is 309 g/mol. The van der Waals surface area contributed by atoms with Gasteiger partial charge in [-0.25, -0.2) is 0 Å². The second-order valence-electron chi connectivity index (χ2n) is 2.29. The van der Waals surface area contributed by atoms with Gasteiger partial charge in [0.2, 0.25) is 0 Å². The van der Waals surface area contributed by atoms with Crippen molar-refractivity contribution in [1.29, 1.82) is 0 Å². The standard InChI is InChI=1S/C5H10O3.C4H10O.CH2O2.CO2.Na.2H2/c1-2-8-4-3-5(6)7;1-3-5-4-2;2*2-1-3;;;/h2-4H2,1H3,(H,6,7);3-4H2,1-2H3;1H,(H,2,3);;;2*1H/q;;;;+1;;. The molecule has 8 nitrogen and oxygen atoms in total. The molecule has 0 aliphatic rings. The van der Waals surface area contributed by atoms with Crippen LogP contribution >= 0.6 is 0 Å². The maximum Gasteiger partial charge on any atom is 1.00 e.